The van der Waals surface area contributed by atoms with Crippen molar-refractivity contribution in [2.75, 3.05) is 11.4 Å². The van der Waals surface area contributed by atoms with E-state index in [4.69, 9.17) is 28.0 Å². The number of alkyl halides is 6. The Morgan fingerprint density at radius 1 is 1.05 bits per heavy atom. The molecule has 41 heavy (non-hydrogen) atoms. The maximum absolute atomic E-state index is 13.4. The lowest BCUT2D eigenvalue weighted by Gasteiger charge is -2.32. The van der Waals surface area contributed by atoms with E-state index >= 15 is 0 Å². The standard InChI is InChI=1S/C26H33ClF6N6O2/c1-15(2)41-24(40)38(22-13-21(27)8-7-16(22)3)9-5-6-17(4)39(23(36-34)37-35)14-18-10-19(25(28,29)30)12-20(11-18)26(31,32)33/h7-8,10-13,15,17H,5-6,9,14,34-35H2,1-4H3,(H,36,37). The second-order valence-corrected chi connectivity index (χ2v) is 10.1. The Hall–Kier alpha value is -3.39. The van der Waals surface area contributed by atoms with Crippen molar-refractivity contribution in [1.82, 2.24) is 10.3 Å². The fourth-order valence-corrected chi connectivity index (χ4v) is 4.26. The molecule has 0 aliphatic carbocycles. The Morgan fingerprint density at radius 3 is 2.12 bits per heavy atom. The van der Waals surface area contributed by atoms with Gasteiger partial charge >= 0.3 is 18.4 Å². The minimum absolute atomic E-state index is 0.0546. The van der Waals surface area contributed by atoms with Crippen molar-refractivity contribution in [2.45, 2.75) is 71.6 Å². The Balaban J connectivity index is 2.34. The first-order valence-electron chi connectivity index (χ1n) is 12.5. The maximum atomic E-state index is 13.4. The zero-order chi connectivity index (χ0) is 31.1. The summed E-state index contributed by atoms with van der Waals surface area (Å²) in [6.45, 7) is 6.60. The van der Waals surface area contributed by atoms with Gasteiger partial charge in [-0.25, -0.2) is 10.6 Å². The number of nitrogens with one attached hydrogen (secondary N) is 1. The molecular weight excluding hydrogens is 578 g/mol. The molecule has 0 bridgehead atoms. The minimum Gasteiger partial charge on any atom is -0.446 e. The maximum Gasteiger partial charge on any atom is 0.416 e. The van der Waals surface area contributed by atoms with E-state index in [1.54, 1.807) is 45.9 Å². The molecule has 2 aromatic rings. The molecule has 0 saturated heterocycles. The Morgan fingerprint density at radius 2 is 1.63 bits per heavy atom. The molecule has 1 unspecified atom stereocenters. The highest BCUT2D eigenvalue weighted by Gasteiger charge is 2.37. The number of aryl methyl sites for hydroxylation is 1. The number of anilines is 1. The smallest absolute Gasteiger partial charge is 0.416 e. The highest BCUT2D eigenvalue weighted by molar-refractivity contribution is 6.31. The third-order valence-corrected chi connectivity index (χ3v) is 6.31. The number of amides is 1. The summed E-state index contributed by atoms with van der Waals surface area (Å²) in [5.41, 5.74) is 0.346. The summed E-state index contributed by atoms with van der Waals surface area (Å²) in [5.74, 6) is 10.7. The number of guanidine groups is 1. The first-order valence-corrected chi connectivity index (χ1v) is 12.9. The third kappa shape index (κ3) is 9.59. The van der Waals surface area contributed by atoms with Gasteiger partial charge in [0.2, 0.25) is 5.96 Å². The van der Waals surface area contributed by atoms with Crippen molar-refractivity contribution in [1.29, 1.82) is 0 Å². The zero-order valence-electron chi connectivity index (χ0n) is 22.9. The molecule has 0 heterocycles. The van der Waals surface area contributed by atoms with Gasteiger partial charge in [0, 0.05) is 24.2 Å². The average Bonchev–Trinajstić information content (AvgIpc) is 2.86. The van der Waals surface area contributed by atoms with Crippen molar-refractivity contribution in [3.8, 4) is 0 Å². The molecule has 2 aromatic carbocycles. The molecule has 0 spiro atoms. The van der Waals surface area contributed by atoms with Crippen LogP contribution in [-0.2, 0) is 23.6 Å². The summed E-state index contributed by atoms with van der Waals surface area (Å²) < 4.78 is 85.8. The van der Waals surface area contributed by atoms with Crippen molar-refractivity contribution in [2.24, 2.45) is 16.8 Å². The van der Waals surface area contributed by atoms with E-state index in [2.05, 4.69) is 10.5 Å². The summed E-state index contributed by atoms with van der Waals surface area (Å²) >= 11 is 6.15. The number of carbonyl (C=O) groups excluding carboxylic acids is 1. The van der Waals surface area contributed by atoms with E-state index in [9.17, 15) is 31.1 Å². The number of halogens is 7. The molecule has 8 nitrogen and oxygen atoms in total. The summed E-state index contributed by atoms with van der Waals surface area (Å²) in [5, 5.41) is 3.91. The highest BCUT2D eigenvalue weighted by atomic mass is 35.5. The molecule has 15 heteroatoms. The molecule has 1 atom stereocenters. The second kappa shape index (κ2) is 14.0. The lowest BCUT2D eigenvalue weighted by atomic mass is 10.0. The Bertz CT molecular complexity index is 1190. The van der Waals surface area contributed by atoms with Crippen molar-refractivity contribution in [3.05, 3.63) is 63.7 Å². The van der Waals surface area contributed by atoms with Gasteiger partial charge in [0.25, 0.3) is 0 Å². The zero-order valence-corrected chi connectivity index (χ0v) is 23.7. The van der Waals surface area contributed by atoms with Crippen LogP contribution in [0.5, 0.6) is 0 Å². The Labute approximate surface area is 239 Å². The van der Waals surface area contributed by atoms with E-state index in [0.717, 1.165) is 5.56 Å². The van der Waals surface area contributed by atoms with E-state index in [1.165, 1.54) is 9.80 Å². The summed E-state index contributed by atoms with van der Waals surface area (Å²) in [6.07, 6.45) is -10.4. The topological polar surface area (TPSA) is 109 Å². The summed E-state index contributed by atoms with van der Waals surface area (Å²) in [6, 6.07) is 5.81. The van der Waals surface area contributed by atoms with Crippen LogP contribution in [0, 0.1) is 6.92 Å². The number of rotatable bonds is 9. The molecule has 0 aromatic heterocycles. The van der Waals surface area contributed by atoms with Crippen LogP contribution in [0.25, 0.3) is 0 Å². The van der Waals surface area contributed by atoms with E-state index in [0.29, 0.717) is 35.7 Å². The van der Waals surface area contributed by atoms with Crippen molar-refractivity contribution >= 4 is 29.3 Å². The van der Waals surface area contributed by atoms with Crippen LogP contribution in [-0.4, -0.2) is 35.6 Å². The van der Waals surface area contributed by atoms with Crippen LogP contribution in [0.1, 0.15) is 55.9 Å². The molecule has 0 radical (unpaired) electrons. The lowest BCUT2D eigenvalue weighted by Crippen LogP contribution is -2.49. The van der Waals surface area contributed by atoms with Crippen LogP contribution in [0.15, 0.2) is 41.5 Å². The van der Waals surface area contributed by atoms with Gasteiger partial charge in [-0.2, -0.15) is 26.3 Å². The van der Waals surface area contributed by atoms with Crippen LogP contribution >= 0.6 is 11.6 Å². The van der Waals surface area contributed by atoms with Gasteiger partial charge < -0.3 is 15.5 Å². The number of carbonyl (C=O) groups is 1. The van der Waals surface area contributed by atoms with Gasteiger partial charge in [-0.15, -0.1) is 5.10 Å². The quantitative estimate of drug-likeness (QED) is 0.0997. The first kappa shape index (κ1) is 33.8. The minimum atomic E-state index is -5.00. The van der Waals surface area contributed by atoms with Crippen LogP contribution in [0.3, 0.4) is 0 Å². The van der Waals surface area contributed by atoms with Gasteiger partial charge in [-0.3, -0.25) is 10.3 Å². The average molecular weight is 611 g/mol. The molecule has 2 rings (SSSR count). The normalized spacial score (nSPS) is 13.2. The molecule has 5 N–H and O–H groups in total. The van der Waals surface area contributed by atoms with E-state index in [-0.39, 0.29) is 24.1 Å². The van der Waals surface area contributed by atoms with Crippen LogP contribution < -0.4 is 22.0 Å². The predicted molar refractivity (Wildman–Crippen MR) is 145 cm³/mol. The number of benzene rings is 2. The van der Waals surface area contributed by atoms with Gasteiger partial charge in [0.15, 0.2) is 0 Å². The number of nitrogens with two attached hydrogens (primary N) is 2. The van der Waals surface area contributed by atoms with Crippen molar-refractivity contribution < 1.29 is 35.9 Å². The largest absolute Gasteiger partial charge is 0.446 e. The van der Waals surface area contributed by atoms with Crippen molar-refractivity contribution in [3.63, 3.8) is 0 Å². The third-order valence-electron chi connectivity index (χ3n) is 6.08. The SMILES string of the molecule is Cc1ccc(Cl)cc1N(CCCC(C)N(Cc1cc(C(F)(F)F)cc(C(F)(F)F)c1)/C(=N/N)NN)C(=O)OC(C)C. The number of hydrazine groups is 1. The molecule has 0 saturated carbocycles. The monoisotopic (exact) mass is 610 g/mol. The van der Waals surface area contributed by atoms with Gasteiger partial charge in [0.05, 0.1) is 22.9 Å². The summed E-state index contributed by atoms with van der Waals surface area (Å²) in [7, 11) is 0. The fourth-order valence-electron chi connectivity index (χ4n) is 4.09. The number of hydrazone groups is 1. The summed E-state index contributed by atoms with van der Waals surface area (Å²) in [4.78, 5) is 15.7. The number of hydrogen-bond acceptors (Lipinski definition) is 5. The predicted octanol–water partition coefficient (Wildman–Crippen LogP) is 6.40. The van der Waals surface area contributed by atoms with E-state index < -0.39 is 48.3 Å². The number of ether oxygens (including phenoxy) is 1. The Kier molecular flexibility index (Phi) is 11.5. The van der Waals surface area contributed by atoms with Crippen LogP contribution in [0.4, 0.5) is 36.8 Å². The molecule has 1 amide bonds. The highest BCUT2D eigenvalue weighted by Crippen LogP contribution is 2.37. The number of nitrogens with zero attached hydrogens (tertiary/aromatic N) is 3. The molecule has 0 aliphatic rings. The molecule has 0 aliphatic heterocycles. The van der Waals surface area contributed by atoms with Gasteiger partial charge in [0.1, 0.15) is 0 Å². The van der Waals surface area contributed by atoms with Gasteiger partial charge in [-0.05, 0) is 82.0 Å². The molecular formula is C26H33ClF6N6O2. The fraction of sp³-hybridized carbons (Fsp3) is 0.462. The molecule has 0 fully saturated rings. The lowest BCUT2D eigenvalue weighted by molar-refractivity contribution is -0.143. The number of hydrogen-bond donors (Lipinski definition) is 3. The van der Waals surface area contributed by atoms with Crippen LogP contribution in [0.2, 0.25) is 5.02 Å². The molecule has 228 valence electrons. The van der Waals surface area contributed by atoms with E-state index in [1.807, 2.05) is 0 Å². The second-order valence-electron chi connectivity index (χ2n) is 9.65. The first-order chi connectivity index (χ1) is 19.0. The van der Waals surface area contributed by atoms with Gasteiger partial charge in [-0.1, -0.05) is 17.7 Å².